The molecule has 0 spiro atoms. The highest BCUT2D eigenvalue weighted by Gasteiger charge is 2.22. The minimum absolute atomic E-state index is 0.144. The monoisotopic (exact) mass is 588 g/mol. The third-order valence-electron chi connectivity index (χ3n) is 7.30. The number of aliphatic hydroxyl groups excluding tert-OH is 1. The van der Waals surface area contributed by atoms with E-state index >= 15 is 0 Å². The van der Waals surface area contributed by atoms with Crippen molar-refractivity contribution in [1.82, 2.24) is 4.90 Å². The van der Waals surface area contributed by atoms with Crippen LogP contribution in [-0.4, -0.2) is 83.2 Å². The molecule has 1 N–H and O–H groups in total. The first kappa shape index (κ1) is 30.4. The number of hydrogen-bond donors (Lipinski definition) is 1. The second-order valence-electron chi connectivity index (χ2n) is 10.4. The summed E-state index contributed by atoms with van der Waals surface area (Å²) in [5, 5.41) is 12.8. The molecule has 0 aliphatic carbocycles. The molecule has 9 nitrogen and oxygen atoms in total. The van der Waals surface area contributed by atoms with Crippen molar-refractivity contribution in [2.45, 2.75) is 12.7 Å². The Labute approximate surface area is 253 Å². The predicted molar refractivity (Wildman–Crippen MR) is 166 cm³/mol. The van der Waals surface area contributed by atoms with Crippen LogP contribution in [0.3, 0.4) is 0 Å². The smallest absolute Gasteiger partial charge is 0.188 e. The molecular weight excluding hydrogens is 548 g/mol. The van der Waals surface area contributed by atoms with Crippen LogP contribution < -0.4 is 23.8 Å². The molecular formula is C34H40N2O7. The van der Waals surface area contributed by atoms with Crippen LogP contribution in [0.25, 0.3) is 10.8 Å². The number of aliphatic hydroxyl groups is 1. The van der Waals surface area contributed by atoms with Gasteiger partial charge < -0.3 is 38.4 Å². The molecule has 5 rings (SSSR count). The highest BCUT2D eigenvalue weighted by molar-refractivity contribution is 5.93. The second-order valence-corrected chi connectivity index (χ2v) is 10.4. The van der Waals surface area contributed by atoms with Crippen molar-refractivity contribution in [1.29, 1.82) is 0 Å². The standard InChI is InChI=1S/C34H40N2O7/c1-38-24-42-28-12-13-31(34(20-28)43-25-39-2)36-18-16-35(17-19-36)21-27(37)23-41-33-15-14-32(29-10-6-7-11-30(29)33)40-22-26-8-4-3-5-9-26/h3-15,20,27,37H,16-19,21-25H2,1-2H3. The normalized spacial score (nSPS) is 14.4. The van der Waals surface area contributed by atoms with Crippen LogP contribution >= 0.6 is 0 Å². The maximum absolute atomic E-state index is 10.9. The topological polar surface area (TPSA) is 82.1 Å². The summed E-state index contributed by atoms with van der Waals surface area (Å²) in [5.74, 6) is 2.90. The fraction of sp³-hybridized carbons (Fsp3) is 0.353. The van der Waals surface area contributed by atoms with Gasteiger partial charge in [0.2, 0.25) is 0 Å². The van der Waals surface area contributed by atoms with Crippen molar-refractivity contribution in [3.63, 3.8) is 0 Å². The quantitative estimate of drug-likeness (QED) is 0.194. The largest absolute Gasteiger partial charge is 0.490 e. The van der Waals surface area contributed by atoms with Crippen LogP contribution in [0.5, 0.6) is 23.0 Å². The Morgan fingerprint density at radius 2 is 1.33 bits per heavy atom. The lowest BCUT2D eigenvalue weighted by Crippen LogP contribution is -2.49. The maximum Gasteiger partial charge on any atom is 0.188 e. The van der Waals surface area contributed by atoms with Crippen LogP contribution in [0, 0.1) is 0 Å². The summed E-state index contributed by atoms with van der Waals surface area (Å²) in [6.45, 7) is 4.73. The van der Waals surface area contributed by atoms with Crippen LogP contribution in [0.15, 0.2) is 84.9 Å². The summed E-state index contributed by atoms with van der Waals surface area (Å²) >= 11 is 0. The molecule has 1 heterocycles. The van der Waals surface area contributed by atoms with Gasteiger partial charge in [-0.15, -0.1) is 0 Å². The molecule has 0 radical (unpaired) electrons. The van der Waals surface area contributed by atoms with Crippen molar-refractivity contribution >= 4 is 16.5 Å². The zero-order valence-corrected chi connectivity index (χ0v) is 24.8. The highest BCUT2D eigenvalue weighted by Crippen LogP contribution is 2.35. The summed E-state index contributed by atoms with van der Waals surface area (Å²) in [4.78, 5) is 4.53. The predicted octanol–water partition coefficient (Wildman–Crippen LogP) is 4.95. The Hall–Kier alpha value is -4.02. The molecule has 1 unspecified atom stereocenters. The van der Waals surface area contributed by atoms with Crippen molar-refractivity contribution in [2.75, 3.05) is 72.0 Å². The lowest BCUT2D eigenvalue weighted by Gasteiger charge is -2.37. The highest BCUT2D eigenvalue weighted by atomic mass is 16.7. The first-order valence-electron chi connectivity index (χ1n) is 14.5. The molecule has 1 fully saturated rings. The third kappa shape index (κ3) is 8.30. The molecule has 0 aromatic heterocycles. The number of methoxy groups -OCH3 is 2. The van der Waals surface area contributed by atoms with E-state index in [1.165, 1.54) is 0 Å². The molecule has 9 heteroatoms. The minimum atomic E-state index is -0.628. The average molecular weight is 589 g/mol. The number of piperazine rings is 1. The van der Waals surface area contributed by atoms with Gasteiger partial charge in [0.15, 0.2) is 13.6 Å². The van der Waals surface area contributed by atoms with Crippen LogP contribution in [-0.2, 0) is 16.1 Å². The van der Waals surface area contributed by atoms with Gasteiger partial charge in [-0.1, -0.05) is 54.6 Å². The van der Waals surface area contributed by atoms with E-state index in [9.17, 15) is 5.11 Å². The van der Waals surface area contributed by atoms with Gasteiger partial charge in [-0.05, 0) is 29.8 Å². The zero-order chi connectivity index (χ0) is 29.9. The van der Waals surface area contributed by atoms with Gasteiger partial charge in [0.05, 0.1) is 5.69 Å². The van der Waals surface area contributed by atoms with Gasteiger partial charge in [-0.3, -0.25) is 4.90 Å². The Balaban J connectivity index is 1.14. The number of nitrogens with zero attached hydrogens (tertiary/aromatic N) is 2. The van der Waals surface area contributed by atoms with E-state index in [0.717, 1.165) is 59.7 Å². The lowest BCUT2D eigenvalue weighted by molar-refractivity contribution is 0.0460. The molecule has 0 saturated carbocycles. The van der Waals surface area contributed by atoms with E-state index in [1.807, 2.05) is 84.9 Å². The Morgan fingerprint density at radius 3 is 2.02 bits per heavy atom. The Morgan fingerprint density at radius 1 is 0.674 bits per heavy atom. The van der Waals surface area contributed by atoms with E-state index in [0.29, 0.717) is 24.7 Å². The minimum Gasteiger partial charge on any atom is -0.490 e. The number of β-amino-alcohol motifs (C(OH)–C–C–N with tert-alkyl or cyclic N) is 1. The number of hydrogen-bond acceptors (Lipinski definition) is 9. The van der Waals surface area contributed by atoms with Gasteiger partial charge >= 0.3 is 0 Å². The lowest BCUT2D eigenvalue weighted by atomic mass is 10.1. The number of rotatable bonds is 15. The number of ether oxygens (including phenoxy) is 6. The van der Waals surface area contributed by atoms with Crippen molar-refractivity contribution < 1.29 is 33.5 Å². The van der Waals surface area contributed by atoms with E-state index < -0.39 is 6.10 Å². The summed E-state index contributed by atoms with van der Waals surface area (Å²) in [6, 6.07) is 27.8. The summed E-state index contributed by atoms with van der Waals surface area (Å²) in [6.07, 6.45) is -0.628. The SMILES string of the molecule is COCOc1ccc(N2CCN(CC(O)COc3ccc(OCc4ccccc4)c4ccccc34)CC2)c(OCOC)c1. The number of anilines is 1. The summed E-state index contributed by atoms with van der Waals surface area (Å²) in [7, 11) is 3.18. The molecule has 4 aromatic carbocycles. The summed E-state index contributed by atoms with van der Waals surface area (Å²) in [5.41, 5.74) is 2.09. The Kier molecular flexibility index (Phi) is 10.9. The molecule has 0 amide bonds. The van der Waals surface area contributed by atoms with E-state index in [4.69, 9.17) is 28.4 Å². The van der Waals surface area contributed by atoms with E-state index in [2.05, 4.69) is 9.80 Å². The molecule has 43 heavy (non-hydrogen) atoms. The van der Waals surface area contributed by atoms with Crippen LogP contribution in [0.1, 0.15) is 5.56 Å². The second kappa shape index (κ2) is 15.5. The summed E-state index contributed by atoms with van der Waals surface area (Å²) < 4.78 is 33.8. The number of benzene rings is 4. The molecule has 1 atom stereocenters. The molecule has 1 aliphatic heterocycles. The van der Waals surface area contributed by atoms with Crippen molar-refractivity contribution in [3.05, 3.63) is 90.5 Å². The molecule has 1 saturated heterocycles. The van der Waals surface area contributed by atoms with E-state index in [1.54, 1.807) is 14.2 Å². The maximum atomic E-state index is 10.9. The van der Waals surface area contributed by atoms with Crippen molar-refractivity contribution in [3.8, 4) is 23.0 Å². The fourth-order valence-electron chi connectivity index (χ4n) is 5.15. The molecule has 0 bridgehead atoms. The van der Waals surface area contributed by atoms with Gasteiger partial charge in [0, 0.05) is 63.8 Å². The van der Waals surface area contributed by atoms with Crippen molar-refractivity contribution in [2.24, 2.45) is 0 Å². The molecule has 228 valence electrons. The van der Waals surface area contributed by atoms with E-state index in [-0.39, 0.29) is 20.2 Å². The first-order valence-corrected chi connectivity index (χ1v) is 14.5. The Bertz CT molecular complexity index is 1430. The van der Waals surface area contributed by atoms with Gasteiger partial charge in [-0.25, -0.2) is 0 Å². The first-order chi connectivity index (χ1) is 21.1. The van der Waals surface area contributed by atoms with Gasteiger partial charge in [-0.2, -0.15) is 0 Å². The van der Waals surface area contributed by atoms with Crippen LogP contribution in [0.2, 0.25) is 0 Å². The number of fused-ring (bicyclic) bond motifs is 1. The van der Waals surface area contributed by atoms with Gasteiger partial charge in [0.25, 0.3) is 0 Å². The average Bonchev–Trinajstić information content (AvgIpc) is 3.05. The fourth-order valence-corrected chi connectivity index (χ4v) is 5.15. The zero-order valence-electron chi connectivity index (χ0n) is 24.8. The van der Waals surface area contributed by atoms with Gasteiger partial charge in [0.1, 0.15) is 42.3 Å². The third-order valence-corrected chi connectivity index (χ3v) is 7.30. The molecule has 1 aliphatic rings. The molecule has 4 aromatic rings. The van der Waals surface area contributed by atoms with Crippen LogP contribution in [0.4, 0.5) is 5.69 Å².